The van der Waals surface area contributed by atoms with E-state index in [0.29, 0.717) is 19.0 Å². The molecule has 2 aliphatic rings. The van der Waals surface area contributed by atoms with Crippen molar-refractivity contribution in [3.63, 3.8) is 0 Å². The van der Waals surface area contributed by atoms with Gasteiger partial charge in [-0.15, -0.1) is 0 Å². The number of fused-ring (bicyclic) bond motifs is 1. The SMILES string of the molecule is COC(=O)[C@@H]1Cc2ccccc2CN1CC(=O)NC1CCCCC1. The molecule has 1 N–H and O–H groups in total. The smallest absolute Gasteiger partial charge is 0.323 e. The van der Waals surface area contributed by atoms with Gasteiger partial charge >= 0.3 is 5.97 Å². The van der Waals surface area contributed by atoms with Crippen LogP contribution in [0.15, 0.2) is 24.3 Å². The molecule has 1 fully saturated rings. The molecule has 1 atom stereocenters. The summed E-state index contributed by atoms with van der Waals surface area (Å²) in [5, 5.41) is 3.13. The van der Waals surface area contributed by atoms with E-state index in [2.05, 4.69) is 11.4 Å². The first-order chi connectivity index (χ1) is 11.7. The summed E-state index contributed by atoms with van der Waals surface area (Å²) in [6.07, 6.45) is 6.36. The largest absolute Gasteiger partial charge is 0.468 e. The Morgan fingerprint density at radius 1 is 1.17 bits per heavy atom. The van der Waals surface area contributed by atoms with Crippen molar-refractivity contribution in [1.82, 2.24) is 10.2 Å². The third kappa shape index (κ3) is 3.96. The molecular weight excluding hydrogens is 304 g/mol. The lowest BCUT2D eigenvalue weighted by Gasteiger charge is -2.35. The maximum absolute atomic E-state index is 12.4. The average molecular weight is 330 g/mol. The van der Waals surface area contributed by atoms with Gasteiger partial charge in [0.15, 0.2) is 0 Å². The molecule has 5 heteroatoms. The Hall–Kier alpha value is -1.88. The lowest BCUT2D eigenvalue weighted by Crippen LogP contribution is -2.51. The first-order valence-electron chi connectivity index (χ1n) is 8.85. The van der Waals surface area contributed by atoms with Gasteiger partial charge in [-0.05, 0) is 30.4 Å². The normalized spacial score (nSPS) is 21.8. The van der Waals surface area contributed by atoms with Gasteiger partial charge in [-0.1, -0.05) is 43.5 Å². The van der Waals surface area contributed by atoms with Crippen molar-refractivity contribution < 1.29 is 14.3 Å². The summed E-state index contributed by atoms with van der Waals surface area (Å²) in [7, 11) is 1.41. The molecule has 0 spiro atoms. The highest BCUT2D eigenvalue weighted by Crippen LogP contribution is 2.24. The predicted molar refractivity (Wildman–Crippen MR) is 91.4 cm³/mol. The summed E-state index contributed by atoms with van der Waals surface area (Å²) in [5.41, 5.74) is 2.35. The highest BCUT2D eigenvalue weighted by atomic mass is 16.5. The summed E-state index contributed by atoms with van der Waals surface area (Å²) in [6, 6.07) is 8.00. The standard InChI is InChI=1S/C19H26N2O3/c1-24-19(23)17-11-14-7-5-6-8-15(14)12-21(17)13-18(22)20-16-9-3-2-4-10-16/h5-8,16-17H,2-4,9-13H2,1H3,(H,20,22)/t17-/m0/s1. The second-order valence-corrected chi connectivity index (χ2v) is 6.82. The number of hydrogen-bond donors (Lipinski definition) is 1. The monoisotopic (exact) mass is 330 g/mol. The minimum absolute atomic E-state index is 0.00943. The van der Waals surface area contributed by atoms with E-state index >= 15 is 0 Å². The number of carbonyl (C=O) groups excluding carboxylic acids is 2. The van der Waals surface area contributed by atoms with Crippen molar-refractivity contribution in [2.45, 2.75) is 57.2 Å². The fraction of sp³-hybridized carbons (Fsp3) is 0.579. The van der Waals surface area contributed by atoms with Gasteiger partial charge in [0, 0.05) is 12.6 Å². The number of hydrogen-bond acceptors (Lipinski definition) is 4. The molecule has 24 heavy (non-hydrogen) atoms. The van der Waals surface area contributed by atoms with Gasteiger partial charge in [0.25, 0.3) is 0 Å². The Bertz CT molecular complexity index is 596. The number of amides is 1. The summed E-state index contributed by atoms with van der Waals surface area (Å²) in [5.74, 6) is -0.259. The molecule has 130 valence electrons. The highest BCUT2D eigenvalue weighted by Gasteiger charge is 2.33. The molecule has 1 aromatic carbocycles. The molecule has 0 unspecified atom stereocenters. The fourth-order valence-corrected chi connectivity index (χ4v) is 3.82. The van der Waals surface area contributed by atoms with Crippen molar-refractivity contribution >= 4 is 11.9 Å². The van der Waals surface area contributed by atoms with Crippen LogP contribution >= 0.6 is 0 Å². The van der Waals surface area contributed by atoms with Gasteiger partial charge in [-0.3, -0.25) is 14.5 Å². The van der Waals surface area contributed by atoms with E-state index in [0.717, 1.165) is 18.4 Å². The van der Waals surface area contributed by atoms with E-state index in [1.165, 1.54) is 31.9 Å². The first kappa shape index (κ1) is 17.0. The Morgan fingerprint density at radius 3 is 2.58 bits per heavy atom. The van der Waals surface area contributed by atoms with E-state index in [-0.39, 0.29) is 24.5 Å². The van der Waals surface area contributed by atoms with Gasteiger partial charge in [0.05, 0.1) is 13.7 Å². The summed E-state index contributed by atoms with van der Waals surface area (Å²) < 4.78 is 4.95. The molecule has 1 aliphatic heterocycles. The van der Waals surface area contributed by atoms with Gasteiger partial charge < -0.3 is 10.1 Å². The maximum atomic E-state index is 12.4. The lowest BCUT2D eigenvalue weighted by molar-refractivity contribution is -0.148. The molecule has 3 rings (SSSR count). The number of methoxy groups -OCH3 is 1. The molecule has 1 aliphatic carbocycles. The maximum Gasteiger partial charge on any atom is 0.323 e. The summed E-state index contributed by atoms with van der Waals surface area (Å²) >= 11 is 0. The zero-order chi connectivity index (χ0) is 16.9. The molecule has 1 amide bonds. The quantitative estimate of drug-likeness (QED) is 0.858. The van der Waals surface area contributed by atoms with E-state index in [1.807, 2.05) is 23.1 Å². The van der Waals surface area contributed by atoms with Crippen LogP contribution in [0, 0.1) is 0 Å². The Kier molecular flexibility index (Phi) is 5.51. The number of nitrogens with zero attached hydrogens (tertiary/aromatic N) is 1. The van der Waals surface area contributed by atoms with Crippen molar-refractivity contribution in [2.24, 2.45) is 0 Å². The van der Waals surface area contributed by atoms with Crippen LogP contribution in [0.1, 0.15) is 43.2 Å². The zero-order valence-electron chi connectivity index (χ0n) is 14.3. The van der Waals surface area contributed by atoms with Crippen molar-refractivity contribution in [3.05, 3.63) is 35.4 Å². The second kappa shape index (κ2) is 7.79. The van der Waals surface area contributed by atoms with Crippen LogP contribution in [0.2, 0.25) is 0 Å². The zero-order valence-corrected chi connectivity index (χ0v) is 14.3. The van der Waals surface area contributed by atoms with Crippen molar-refractivity contribution in [3.8, 4) is 0 Å². The predicted octanol–water partition coefficient (Wildman–Crippen LogP) is 2.04. The van der Waals surface area contributed by atoms with Gasteiger partial charge in [0.1, 0.15) is 6.04 Å². The number of nitrogens with one attached hydrogen (secondary N) is 1. The molecular formula is C19H26N2O3. The third-order valence-corrected chi connectivity index (χ3v) is 5.14. The van der Waals surface area contributed by atoms with Gasteiger partial charge in [-0.2, -0.15) is 0 Å². The number of ether oxygens (including phenoxy) is 1. The summed E-state index contributed by atoms with van der Waals surface area (Å²) in [4.78, 5) is 26.5. The van der Waals surface area contributed by atoms with Crippen LogP contribution in [0.25, 0.3) is 0 Å². The average Bonchev–Trinajstić information content (AvgIpc) is 2.61. The van der Waals surface area contributed by atoms with Crippen molar-refractivity contribution in [2.75, 3.05) is 13.7 Å². The molecule has 5 nitrogen and oxygen atoms in total. The molecule has 1 heterocycles. The highest BCUT2D eigenvalue weighted by molar-refractivity contribution is 5.81. The lowest BCUT2D eigenvalue weighted by atomic mass is 9.93. The number of esters is 1. The third-order valence-electron chi connectivity index (χ3n) is 5.14. The Balaban J connectivity index is 1.67. The fourth-order valence-electron chi connectivity index (χ4n) is 3.82. The van der Waals surface area contributed by atoms with Crippen LogP contribution < -0.4 is 5.32 Å². The van der Waals surface area contributed by atoms with Gasteiger partial charge in [0.2, 0.25) is 5.91 Å². The number of benzene rings is 1. The van der Waals surface area contributed by atoms with Crippen molar-refractivity contribution in [1.29, 1.82) is 0 Å². The van der Waals surface area contributed by atoms with E-state index in [4.69, 9.17) is 4.74 Å². The number of rotatable bonds is 4. The second-order valence-electron chi connectivity index (χ2n) is 6.82. The van der Waals surface area contributed by atoms with Crippen LogP contribution in [0.4, 0.5) is 0 Å². The number of carbonyl (C=O) groups is 2. The first-order valence-corrected chi connectivity index (χ1v) is 8.85. The molecule has 0 radical (unpaired) electrons. The minimum Gasteiger partial charge on any atom is -0.468 e. The van der Waals surface area contributed by atoms with E-state index in [9.17, 15) is 9.59 Å². The minimum atomic E-state index is -0.387. The Morgan fingerprint density at radius 2 is 1.88 bits per heavy atom. The topological polar surface area (TPSA) is 58.6 Å². The molecule has 0 saturated heterocycles. The molecule has 0 bridgehead atoms. The molecule has 0 aromatic heterocycles. The van der Waals surface area contributed by atoms with E-state index < -0.39 is 0 Å². The van der Waals surface area contributed by atoms with Crippen LogP contribution in [-0.4, -0.2) is 42.5 Å². The Labute approximate surface area is 143 Å². The molecule has 1 aromatic rings. The van der Waals surface area contributed by atoms with Crippen LogP contribution in [0.3, 0.4) is 0 Å². The molecule has 1 saturated carbocycles. The van der Waals surface area contributed by atoms with Crippen LogP contribution in [0.5, 0.6) is 0 Å². The van der Waals surface area contributed by atoms with Crippen LogP contribution in [-0.2, 0) is 27.3 Å². The van der Waals surface area contributed by atoms with Gasteiger partial charge in [-0.25, -0.2) is 0 Å². The van der Waals surface area contributed by atoms with E-state index in [1.54, 1.807) is 0 Å². The summed E-state index contributed by atoms with van der Waals surface area (Å²) in [6.45, 7) is 0.846.